The number of fused-ring (bicyclic) bond motifs is 4. The first-order valence-electron chi connectivity index (χ1n) is 14.9. The molecule has 0 fully saturated rings. The van der Waals surface area contributed by atoms with Crippen LogP contribution in [0.3, 0.4) is 0 Å². The van der Waals surface area contributed by atoms with Gasteiger partial charge in [-0.15, -0.1) is 0 Å². The van der Waals surface area contributed by atoms with Crippen LogP contribution >= 0.6 is 7.52 Å². The van der Waals surface area contributed by atoms with Crippen LogP contribution in [0.1, 0.15) is 73.8 Å². The number of aryl methyl sites for hydroxylation is 2. The third-order valence-corrected chi connectivity index (χ3v) is 12.0. The van der Waals surface area contributed by atoms with E-state index < -0.39 is 7.52 Å². The number of rotatable bonds is 6. The van der Waals surface area contributed by atoms with Crippen molar-refractivity contribution in [3.8, 4) is 11.5 Å². The first-order chi connectivity index (χ1) is 18.5. The van der Waals surface area contributed by atoms with E-state index in [-0.39, 0.29) is 0 Å². The molecular formula is C31H41N3O3P+. The molecule has 0 saturated carbocycles. The summed E-state index contributed by atoms with van der Waals surface area (Å²) in [6, 6.07) is 4.65. The maximum absolute atomic E-state index is 15.3. The molecular weight excluding hydrogens is 493 g/mol. The molecule has 0 radical (unpaired) electrons. The number of hydrogen-bond donors (Lipinski definition) is 0. The van der Waals surface area contributed by atoms with Gasteiger partial charge in [-0.05, 0) is 76.6 Å². The van der Waals surface area contributed by atoms with Crippen molar-refractivity contribution < 1.29 is 13.8 Å². The monoisotopic (exact) mass is 534 g/mol. The first kappa shape index (κ1) is 24.9. The summed E-state index contributed by atoms with van der Waals surface area (Å²) in [5, 5.41) is 3.30. The summed E-state index contributed by atoms with van der Waals surface area (Å²) in [5.41, 5.74) is 7.84. The fraction of sp³-hybridized carbons (Fsp3) is 0.581. The molecule has 0 amide bonds. The molecule has 1 unspecified atom stereocenters. The summed E-state index contributed by atoms with van der Waals surface area (Å²) in [6.07, 6.45) is 9.71. The molecule has 1 atom stereocenters. The van der Waals surface area contributed by atoms with E-state index in [1.54, 1.807) is 0 Å². The van der Waals surface area contributed by atoms with E-state index in [1.807, 2.05) is 18.6 Å². The molecule has 2 aromatic rings. The van der Waals surface area contributed by atoms with Crippen LogP contribution in [-0.2, 0) is 34.8 Å². The lowest BCUT2D eigenvalue weighted by Crippen LogP contribution is -2.45. The van der Waals surface area contributed by atoms with Gasteiger partial charge in [-0.25, -0.2) is 9.25 Å². The Kier molecular flexibility index (Phi) is 6.22. The minimum atomic E-state index is -3.35. The van der Waals surface area contributed by atoms with Gasteiger partial charge in [-0.3, -0.25) is 4.57 Å². The predicted octanol–water partition coefficient (Wildman–Crippen LogP) is 4.60. The van der Waals surface area contributed by atoms with Crippen molar-refractivity contribution >= 4 is 18.5 Å². The van der Waals surface area contributed by atoms with E-state index in [4.69, 9.17) is 9.26 Å². The van der Waals surface area contributed by atoms with Crippen LogP contribution in [-0.4, -0.2) is 51.0 Å². The summed E-state index contributed by atoms with van der Waals surface area (Å²) in [5.74, 6) is 1.90. The highest BCUT2D eigenvalue weighted by molar-refractivity contribution is 7.67. The smallest absolute Gasteiger partial charge is 0.303 e. The van der Waals surface area contributed by atoms with Crippen molar-refractivity contribution in [2.75, 3.05) is 51.3 Å². The van der Waals surface area contributed by atoms with Gasteiger partial charge in [-0.2, -0.15) is 0 Å². The van der Waals surface area contributed by atoms with Crippen LogP contribution in [0.5, 0.6) is 11.5 Å². The minimum absolute atomic E-state index is 0.414. The Hall–Kier alpha value is -2.14. The molecule has 0 aliphatic carbocycles. The molecule has 38 heavy (non-hydrogen) atoms. The van der Waals surface area contributed by atoms with Crippen molar-refractivity contribution in [2.45, 2.75) is 71.6 Å². The molecule has 7 rings (SSSR count). The zero-order valence-corrected chi connectivity index (χ0v) is 24.2. The third kappa shape index (κ3) is 3.59. The molecule has 0 aromatic heterocycles. The van der Waals surface area contributed by atoms with Gasteiger partial charge < -0.3 is 14.2 Å². The van der Waals surface area contributed by atoms with Crippen molar-refractivity contribution in [1.29, 1.82) is 0 Å². The SMILES string of the molecule is CCCN(C)P(=O)(OCC)C1=c2cc3c4c(c2Oc2c1cc1c5c2CCCN5CCC1)CCC[N+]=4CCC3. The zero-order chi connectivity index (χ0) is 26.0. The Balaban J connectivity index is 1.62. The Morgan fingerprint density at radius 3 is 2.50 bits per heavy atom. The van der Waals surface area contributed by atoms with E-state index >= 15 is 4.57 Å². The van der Waals surface area contributed by atoms with Gasteiger partial charge in [0.2, 0.25) is 5.36 Å². The summed E-state index contributed by atoms with van der Waals surface area (Å²) in [6.45, 7) is 9.74. The lowest BCUT2D eigenvalue weighted by Gasteiger charge is -2.40. The van der Waals surface area contributed by atoms with Crippen LogP contribution in [0.2, 0.25) is 0 Å². The number of nitrogens with zero attached hydrogens (tertiary/aromatic N) is 3. The van der Waals surface area contributed by atoms with Gasteiger partial charge in [0.05, 0.1) is 17.5 Å². The summed E-state index contributed by atoms with van der Waals surface area (Å²) < 4.78 is 33.3. The second-order valence-electron chi connectivity index (χ2n) is 11.6. The van der Waals surface area contributed by atoms with E-state index in [0.717, 1.165) is 105 Å². The fourth-order valence-corrected chi connectivity index (χ4v) is 10.2. The standard InChI is InChI=1S/C31H41N3O3P/c1-4-14-32(3)38(35,36-5-2)31-25-19-21-10-6-15-33-17-8-12-23(27(21)33)29(25)37-30-24-13-9-18-34-16-7-11-22(28(24)34)20-26(30)31/h19-20H,4-18H2,1-3H3/q+1. The van der Waals surface area contributed by atoms with Crippen LogP contribution in [0.15, 0.2) is 12.1 Å². The number of anilines is 1. The van der Waals surface area contributed by atoms with Gasteiger partial charge in [0.15, 0.2) is 0 Å². The second kappa shape index (κ2) is 9.50. The molecule has 5 heterocycles. The molecule has 2 aromatic carbocycles. The average Bonchev–Trinajstić information content (AvgIpc) is 2.93. The van der Waals surface area contributed by atoms with Gasteiger partial charge in [0, 0.05) is 60.1 Å². The fourth-order valence-electron chi connectivity index (χ4n) is 7.76. The molecule has 5 aliphatic heterocycles. The highest BCUT2D eigenvalue weighted by atomic mass is 31.2. The number of hydrogen-bond acceptors (Lipinski definition) is 4. The van der Waals surface area contributed by atoms with Crippen LogP contribution in [0.4, 0.5) is 5.69 Å². The summed E-state index contributed by atoms with van der Waals surface area (Å²) in [4.78, 5) is 2.57. The molecule has 0 bridgehead atoms. The normalized spacial score (nSPS) is 20.8. The van der Waals surface area contributed by atoms with Gasteiger partial charge in [0.25, 0.3) is 0 Å². The quantitative estimate of drug-likeness (QED) is 0.400. The first-order valence-corrected chi connectivity index (χ1v) is 16.5. The molecule has 0 N–H and O–H groups in total. The lowest BCUT2D eigenvalue weighted by molar-refractivity contribution is 0.295. The maximum atomic E-state index is 15.3. The van der Waals surface area contributed by atoms with Gasteiger partial charge >= 0.3 is 7.52 Å². The van der Waals surface area contributed by atoms with Crippen molar-refractivity contribution in [3.05, 3.63) is 50.5 Å². The Morgan fingerprint density at radius 1 is 0.974 bits per heavy atom. The number of benzene rings is 2. The lowest BCUT2D eigenvalue weighted by atomic mass is 9.87. The predicted molar refractivity (Wildman–Crippen MR) is 153 cm³/mol. The zero-order valence-electron chi connectivity index (χ0n) is 23.3. The van der Waals surface area contributed by atoms with E-state index in [1.165, 1.54) is 46.1 Å². The van der Waals surface area contributed by atoms with Crippen LogP contribution in [0.25, 0.3) is 5.31 Å². The third-order valence-electron chi connectivity index (χ3n) is 9.24. The average molecular weight is 535 g/mol. The van der Waals surface area contributed by atoms with Crippen LogP contribution in [0, 0.1) is 0 Å². The van der Waals surface area contributed by atoms with E-state index in [2.05, 4.69) is 28.5 Å². The van der Waals surface area contributed by atoms with Gasteiger partial charge in [0.1, 0.15) is 24.6 Å². The van der Waals surface area contributed by atoms with E-state index in [9.17, 15) is 0 Å². The molecule has 7 heteroatoms. The molecule has 202 valence electrons. The summed E-state index contributed by atoms with van der Waals surface area (Å²) in [7, 11) is -1.37. The Bertz CT molecular complexity index is 1490. The molecule has 6 nitrogen and oxygen atoms in total. The molecule has 0 spiro atoms. The van der Waals surface area contributed by atoms with Crippen molar-refractivity contribution in [2.24, 2.45) is 0 Å². The van der Waals surface area contributed by atoms with Crippen LogP contribution < -0.4 is 24.8 Å². The molecule has 5 aliphatic rings. The van der Waals surface area contributed by atoms with Crippen molar-refractivity contribution in [3.63, 3.8) is 0 Å². The maximum Gasteiger partial charge on any atom is 0.303 e. The Labute approximate surface area is 226 Å². The van der Waals surface area contributed by atoms with E-state index in [0.29, 0.717) is 6.61 Å². The molecule has 0 saturated heterocycles. The second-order valence-corrected chi connectivity index (χ2v) is 14.1. The highest BCUT2D eigenvalue weighted by Gasteiger charge is 2.43. The minimum Gasteiger partial charge on any atom is -0.455 e. The summed E-state index contributed by atoms with van der Waals surface area (Å²) >= 11 is 0. The Morgan fingerprint density at radius 2 is 1.71 bits per heavy atom. The highest BCUT2D eigenvalue weighted by Crippen LogP contribution is 2.64. The van der Waals surface area contributed by atoms with Crippen molar-refractivity contribution in [1.82, 2.24) is 9.25 Å². The topological polar surface area (TPSA) is 45.0 Å². The number of ether oxygens (including phenoxy) is 1. The van der Waals surface area contributed by atoms with Gasteiger partial charge in [-0.1, -0.05) is 6.92 Å². The largest absolute Gasteiger partial charge is 0.455 e.